The summed E-state index contributed by atoms with van der Waals surface area (Å²) < 4.78 is 0. The molecule has 0 saturated heterocycles. The number of carboxylic acid groups (broad SMARTS) is 2. The van der Waals surface area contributed by atoms with Crippen molar-refractivity contribution >= 4 is 48.2 Å². The van der Waals surface area contributed by atoms with Crippen molar-refractivity contribution in [3.05, 3.63) is 54.1 Å². The van der Waals surface area contributed by atoms with Crippen molar-refractivity contribution < 1.29 is 39.0 Å². The number of carboxylic acids is 2. The van der Waals surface area contributed by atoms with Crippen molar-refractivity contribution in [1.29, 1.82) is 0 Å². The Balaban J connectivity index is 2.14. The largest absolute Gasteiger partial charge is 0.481 e. The van der Waals surface area contributed by atoms with Gasteiger partial charge in [-0.15, -0.1) is 0 Å². The predicted octanol–water partition coefficient (Wildman–Crippen LogP) is -1.53. The molecule has 0 bridgehead atoms. The highest BCUT2D eigenvalue weighted by atomic mass is 32.1. The number of carbonyl (C=O) groups is 6. The van der Waals surface area contributed by atoms with Gasteiger partial charge in [-0.05, 0) is 44.2 Å². The van der Waals surface area contributed by atoms with Crippen molar-refractivity contribution in [2.24, 2.45) is 11.5 Å². The van der Waals surface area contributed by atoms with Crippen molar-refractivity contribution in [2.45, 2.75) is 75.2 Å². The number of rotatable bonds is 21. The zero-order chi connectivity index (χ0) is 34.1. The van der Waals surface area contributed by atoms with Crippen LogP contribution in [0.1, 0.15) is 43.4 Å². The van der Waals surface area contributed by atoms with Crippen molar-refractivity contribution in [2.75, 3.05) is 12.3 Å². The number of unbranched alkanes of at least 4 members (excludes halogenated alkanes) is 1. The molecule has 0 radical (unpaired) electrons. The normalized spacial score (nSPS) is 14.2. The van der Waals surface area contributed by atoms with Gasteiger partial charge in [-0.1, -0.05) is 30.3 Å². The second kappa shape index (κ2) is 19.8. The Morgan fingerprint density at radius 3 is 1.93 bits per heavy atom. The van der Waals surface area contributed by atoms with Crippen molar-refractivity contribution in [3.8, 4) is 0 Å². The fraction of sp³-hybridized carbons (Fsp3) is 0.483. The molecular formula is C29H42N8O8S. The summed E-state index contributed by atoms with van der Waals surface area (Å²) in [4.78, 5) is 82.1. The minimum absolute atomic E-state index is 0.0976. The summed E-state index contributed by atoms with van der Waals surface area (Å²) in [6, 6.07) is 2.87. The number of nitrogens with two attached hydrogens (primary N) is 2. The van der Waals surface area contributed by atoms with Gasteiger partial charge in [0.1, 0.15) is 24.2 Å². The van der Waals surface area contributed by atoms with Gasteiger partial charge in [0, 0.05) is 30.5 Å². The van der Waals surface area contributed by atoms with Crippen LogP contribution in [-0.2, 0) is 41.6 Å². The molecule has 0 aliphatic rings. The Hall–Kier alpha value is -4.48. The predicted molar refractivity (Wildman–Crippen MR) is 169 cm³/mol. The Kier molecular flexibility index (Phi) is 16.2. The Labute approximate surface area is 271 Å². The summed E-state index contributed by atoms with van der Waals surface area (Å²) in [5.74, 6) is -5.81. The Bertz CT molecular complexity index is 1300. The van der Waals surface area contributed by atoms with E-state index in [9.17, 15) is 39.0 Å². The molecule has 2 aromatic rings. The number of hydrogen-bond acceptors (Lipinski definition) is 10. The number of hydrogen-bond donors (Lipinski definition) is 10. The number of H-pyrrole nitrogens is 1. The fourth-order valence-electron chi connectivity index (χ4n) is 4.37. The molecule has 11 N–H and O–H groups in total. The van der Waals surface area contributed by atoms with Crippen LogP contribution in [0.3, 0.4) is 0 Å². The van der Waals surface area contributed by atoms with Crippen LogP contribution >= 0.6 is 12.6 Å². The number of carbonyl (C=O) groups excluding carboxylic acids is 4. The fourth-order valence-corrected chi connectivity index (χ4v) is 4.62. The molecule has 252 valence electrons. The number of benzene rings is 1. The number of aliphatic carboxylic acids is 2. The van der Waals surface area contributed by atoms with E-state index in [1.807, 2.05) is 18.2 Å². The van der Waals surface area contributed by atoms with Gasteiger partial charge in [0.2, 0.25) is 23.6 Å². The number of imidazole rings is 1. The van der Waals surface area contributed by atoms with E-state index in [2.05, 4.69) is 43.9 Å². The second-order valence-electron chi connectivity index (χ2n) is 10.6. The van der Waals surface area contributed by atoms with E-state index >= 15 is 0 Å². The third-order valence-corrected chi connectivity index (χ3v) is 7.27. The number of aromatic nitrogens is 2. The van der Waals surface area contributed by atoms with E-state index < -0.39 is 72.2 Å². The van der Waals surface area contributed by atoms with Gasteiger partial charge in [-0.25, -0.2) is 9.78 Å². The first-order chi connectivity index (χ1) is 21.9. The number of nitrogens with zero attached hydrogens (tertiary/aromatic N) is 1. The maximum absolute atomic E-state index is 13.4. The summed E-state index contributed by atoms with van der Waals surface area (Å²) in [6.07, 6.45) is 2.95. The van der Waals surface area contributed by atoms with Crippen LogP contribution in [-0.4, -0.2) is 98.3 Å². The Morgan fingerprint density at radius 1 is 0.804 bits per heavy atom. The zero-order valence-electron chi connectivity index (χ0n) is 25.2. The minimum atomic E-state index is -1.45. The van der Waals surface area contributed by atoms with Crippen molar-refractivity contribution in [1.82, 2.24) is 31.2 Å². The molecule has 2 rings (SSSR count). The molecule has 0 saturated carbocycles. The van der Waals surface area contributed by atoms with Crippen LogP contribution in [0, 0.1) is 0 Å². The standard InChI is InChI=1S/C29H42N8O8S/c30-11-5-4-8-20(34-28(43)23(15-46)37-25(40)19(31)12-17-6-2-1-3-7-17)26(41)35-21(9-10-24(38)39)27(42)36-22(29(44)45)13-18-14-32-16-33-18/h1-3,6-7,14,16,19-23,46H,4-5,8-13,15,30-31H2,(H,32,33)(H,34,43)(H,35,41)(H,36,42)(H,37,40)(H,38,39)(H,44,45)/t19-,20-,21-,22-,23-/m0/s1. The lowest BCUT2D eigenvalue weighted by atomic mass is 10.0. The van der Waals surface area contributed by atoms with Gasteiger partial charge in [0.15, 0.2) is 0 Å². The van der Waals surface area contributed by atoms with Crippen molar-refractivity contribution in [3.63, 3.8) is 0 Å². The van der Waals surface area contributed by atoms with Crippen LogP contribution < -0.4 is 32.7 Å². The highest BCUT2D eigenvalue weighted by Crippen LogP contribution is 2.08. The molecule has 17 heteroatoms. The molecule has 4 amide bonds. The molecule has 0 aliphatic heterocycles. The van der Waals surface area contributed by atoms with E-state index in [0.29, 0.717) is 25.1 Å². The summed E-state index contributed by atoms with van der Waals surface area (Å²) >= 11 is 4.17. The summed E-state index contributed by atoms with van der Waals surface area (Å²) in [7, 11) is 0. The summed E-state index contributed by atoms with van der Waals surface area (Å²) in [5, 5.41) is 28.7. The SMILES string of the molecule is NCCCC[C@H](NC(=O)[C@H](CS)NC(=O)[C@@H](N)Cc1ccccc1)C(=O)N[C@@H](CCC(=O)O)C(=O)N[C@@H](Cc1cnc[nH]1)C(=O)O. The van der Waals surface area contributed by atoms with Crippen LogP contribution in [0.4, 0.5) is 0 Å². The molecule has 46 heavy (non-hydrogen) atoms. The number of amides is 4. The zero-order valence-corrected chi connectivity index (χ0v) is 26.1. The molecule has 0 fully saturated rings. The molecule has 1 aromatic carbocycles. The average Bonchev–Trinajstić information content (AvgIpc) is 3.54. The summed E-state index contributed by atoms with van der Waals surface area (Å²) in [6.45, 7) is 0.313. The highest BCUT2D eigenvalue weighted by Gasteiger charge is 2.32. The molecule has 5 atom stereocenters. The number of thiol groups is 1. The third kappa shape index (κ3) is 13.3. The molecule has 1 aromatic heterocycles. The molecule has 0 aliphatic carbocycles. The number of nitrogens with one attached hydrogen (secondary N) is 5. The lowest BCUT2D eigenvalue weighted by Gasteiger charge is -2.26. The lowest BCUT2D eigenvalue weighted by molar-refractivity contribution is -0.143. The van der Waals surface area contributed by atoms with Gasteiger partial charge < -0.3 is 47.9 Å². The van der Waals surface area contributed by atoms with Gasteiger partial charge in [0.05, 0.1) is 12.4 Å². The molecule has 1 heterocycles. The van der Waals surface area contributed by atoms with Crippen LogP contribution in [0.2, 0.25) is 0 Å². The van der Waals surface area contributed by atoms with E-state index in [1.165, 1.54) is 12.5 Å². The maximum Gasteiger partial charge on any atom is 0.326 e. The van der Waals surface area contributed by atoms with Gasteiger partial charge >= 0.3 is 11.9 Å². The summed E-state index contributed by atoms with van der Waals surface area (Å²) in [5.41, 5.74) is 12.9. The first-order valence-electron chi connectivity index (χ1n) is 14.7. The monoisotopic (exact) mass is 662 g/mol. The first-order valence-corrected chi connectivity index (χ1v) is 15.3. The minimum Gasteiger partial charge on any atom is -0.481 e. The number of aromatic amines is 1. The first kappa shape index (κ1) is 37.7. The van der Waals surface area contributed by atoms with Crippen LogP contribution in [0.5, 0.6) is 0 Å². The topological polar surface area (TPSA) is 272 Å². The lowest BCUT2D eigenvalue weighted by Crippen LogP contribution is -2.59. The Morgan fingerprint density at radius 2 is 1.39 bits per heavy atom. The van der Waals surface area contributed by atoms with E-state index in [4.69, 9.17) is 11.5 Å². The van der Waals surface area contributed by atoms with E-state index in [-0.39, 0.29) is 31.4 Å². The van der Waals surface area contributed by atoms with Crippen LogP contribution in [0.15, 0.2) is 42.9 Å². The highest BCUT2D eigenvalue weighted by molar-refractivity contribution is 7.80. The van der Waals surface area contributed by atoms with E-state index in [0.717, 1.165) is 5.56 Å². The average molecular weight is 663 g/mol. The smallest absolute Gasteiger partial charge is 0.326 e. The van der Waals surface area contributed by atoms with Gasteiger partial charge in [-0.2, -0.15) is 12.6 Å². The molecule has 0 spiro atoms. The molecular weight excluding hydrogens is 620 g/mol. The third-order valence-electron chi connectivity index (χ3n) is 6.90. The van der Waals surface area contributed by atoms with Crippen LogP contribution in [0.25, 0.3) is 0 Å². The molecule has 16 nitrogen and oxygen atoms in total. The quantitative estimate of drug-likeness (QED) is 0.0541. The van der Waals surface area contributed by atoms with Gasteiger partial charge in [-0.3, -0.25) is 24.0 Å². The molecule has 0 unspecified atom stereocenters. The van der Waals surface area contributed by atoms with E-state index in [1.54, 1.807) is 12.1 Å². The van der Waals surface area contributed by atoms with Gasteiger partial charge in [0.25, 0.3) is 0 Å². The second-order valence-corrected chi connectivity index (χ2v) is 10.9. The maximum atomic E-state index is 13.4.